The van der Waals surface area contributed by atoms with Crippen LogP contribution in [-0.4, -0.2) is 31.1 Å². The normalized spacial score (nSPS) is 10.5. The Balaban J connectivity index is 1.54. The molecule has 0 fully saturated rings. The molecule has 8 nitrogen and oxygen atoms in total. The summed E-state index contributed by atoms with van der Waals surface area (Å²) in [4.78, 5) is 36.2. The summed E-state index contributed by atoms with van der Waals surface area (Å²) in [7, 11) is 1.45. The van der Waals surface area contributed by atoms with Gasteiger partial charge in [0, 0.05) is 5.02 Å². The Kier molecular flexibility index (Phi) is 8.01. The second-order valence-corrected chi connectivity index (χ2v) is 7.28. The van der Waals surface area contributed by atoms with Gasteiger partial charge in [0.1, 0.15) is 11.5 Å². The van der Waals surface area contributed by atoms with E-state index in [4.69, 9.17) is 32.7 Å². The average molecular weight is 486 g/mol. The molecule has 3 rings (SSSR count). The number of benzene rings is 3. The molecule has 0 aliphatic heterocycles. The number of carbonyl (C=O) groups excluding carboxylic acids is 3. The van der Waals surface area contributed by atoms with Crippen LogP contribution in [0, 0.1) is 0 Å². The van der Waals surface area contributed by atoms with Gasteiger partial charge in [-0.05, 0) is 60.2 Å². The third-order valence-electron chi connectivity index (χ3n) is 4.18. The molecule has 0 aromatic heterocycles. The molecule has 33 heavy (non-hydrogen) atoms. The fraction of sp³-hybridized carbons (Fsp3) is 0.0435. The molecule has 0 saturated heterocycles. The Hall–Kier alpha value is -3.88. The summed E-state index contributed by atoms with van der Waals surface area (Å²) < 4.78 is 10.4. The van der Waals surface area contributed by atoms with E-state index in [1.165, 1.54) is 31.5 Å². The summed E-state index contributed by atoms with van der Waals surface area (Å²) in [6.07, 6.45) is 1.33. The van der Waals surface area contributed by atoms with E-state index in [9.17, 15) is 14.4 Å². The number of para-hydroxylation sites is 2. The fourth-order valence-electron chi connectivity index (χ4n) is 2.58. The van der Waals surface area contributed by atoms with Gasteiger partial charge in [0.25, 0.3) is 0 Å². The second-order valence-electron chi connectivity index (χ2n) is 6.44. The van der Waals surface area contributed by atoms with E-state index in [0.29, 0.717) is 22.0 Å². The number of anilines is 1. The summed E-state index contributed by atoms with van der Waals surface area (Å²) in [5.74, 6) is -1.79. The SMILES string of the molecule is COc1ccccc1NC(=O)C(=O)N/N=C/c1ccc(OC(=O)c2ccc(Cl)cc2Cl)cc1. The lowest BCUT2D eigenvalue weighted by molar-refractivity contribution is -0.136. The van der Waals surface area contributed by atoms with Crippen LogP contribution in [0.25, 0.3) is 0 Å². The van der Waals surface area contributed by atoms with Crippen LogP contribution in [0.3, 0.4) is 0 Å². The minimum atomic E-state index is -0.956. The van der Waals surface area contributed by atoms with Gasteiger partial charge in [0.05, 0.1) is 29.6 Å². The topological polar surface area (TPSA) is 106 Å². The number of ether oxygens (including phenoxy) is 2. The number of hydrogen-bond donors (Lipinski definition) is 2. The average Bonchev–Trinajstić information content (AvgIpc) is 2.80. The summed E-state index contributed by atoms with van der Waals surface area (Å²) >= 11 is 11.8. The molecule has 168 valence electrons. The van der Waals surface area contributed by atoms with Gasteiger partial charge in [-0.3, -0.25) is 9.59 Å². The maximum absolute atomic E-state index is 12.2. The number of hydrogen-bond acceptors (Lipinski definition) is 6. The van der Waals surface area contributed by atoms with Gasteiger partial charge in [-0.15, -0.1) is 0 Å². The van der Waals surface area contributed by atoms with E-state index in [1.807, 2.05) is 0 Å². The smallest absolute Gasteiger partial charge is 0.345 e. The molecule has 0 radical (unpaired) electrons. The lowest BCUT2D eigenvalue weighted by atomic mass is 10.2. The standard InChI is InChI=1S/C23H17Cl2N3O5/c1-32-20-5-3-2-4-19(20)27-21(29)22(30)28-26-13-14-6-9-16(10-7-14)33-23(31)17-11-8-15(24)12-18(17)25/h2-13H,1H3,(H,27,29)(H,28,30)/b26-13+. The monoisotopic (exact) mass is 485 g/mol. The summed E-state index contributed by atoms with van der Waals surface area (Å²) in [6, 6.07) is 17.4. The molecular weight excluding hydrogens is 469 g/mol. The summed E-state index contributed by atoms with van der Waals surface area (Å²) in [5.41, 5.74) is 3.26. The summed E-state index contributed by atoms with van der Waals surface area (Å²) in [5, 5.41) is 6.78. The van der Waals surface area contributed by atoms with E-state index >= 15 is 0 Å². The zero-order valence-electron chi connectivity index (χ0n) is 17.2. The number of halogens is 2. The van der Waals surface area contributed by atoms with Crippen molar-refractivity contribution in [2.75, 3.05) is 12.4 Å². The quantitative estimate of drug-likeness (QED) is 0.178. The first kappa shape index (κ1) is 23.8. The second kappa shape index (κ2) is 11.1. The highest BCUT2D eigenvalue weighted by atomic mass is 35.5. The molecule has 0 aliphatic rings. The molecule has 3 aromatic rings. The molecule has 2 amide bonds. The maximum atomic E-state index is 12.2. The molecule has 0 aliphatic carbocycles. The van der Waals surface area contributed by atoms with Crippen LogP contribution in [0.1, 0.15) is 15.9 Å². The van der Waals surface area contributed by atoms with E-state index in [-0.39, 0.29) is 16.3 Å². The van der Waals surface area contributed by atoms with Crippen molar-refractivity contribution in [3.8, 4) is 11.5 Å². The first-order valence-electron chi connectivity index (χ1n) is 9.42. The lowest BCUT2D eigenvalue weighted by Gasteiger charge is -2.08. The molecule has 0 unspecified atom stereocenters. The van der Waals surface area contributed by atoms with Crippen LogP contribution in [0.2, 0.25) is 10.0 Å². The fourth-order valence-corrected chi connectivity index (χ4v) is 3.07. The van der Waals surface area contributed by atoms with Gasteiger partial charge in [0.2, 0.25) is 0 Å². The number of amides is 2. The molecule has 0 heterocycles. The lowest BCUT2D eigenvalue weighted by Crippen LogP contribution is -2.32. The Morgan fingerprint density at radius 1 is 0.939 bits per heavy atom. The molecule has 0 bridgehead atoms. The van der Waals surface area contributed by atoms with Gasteiger partial charge in [-0.2, -0.15) is 5.10 Å². The number of methoxy groups -OCH3 is 1. The van der Waals surface area contributed by atoms with Crippen LogP contribution in [-0.2, 0) is 9.59 Å². The van der Waals surface area contributed by atoms with Crippen molar-refractivity contribution < 1.29 is 23.9 Å². The first-order chi connectivity index (χ1) is 15.9. The predicted octanol–water partition coefficient (Wildman–Crippen LogP) is 4.31. The summed E-state index contributed by atoms with van der Waals surface area (Å²) in [6.45, 7) is 0. The Labute approximate surface area is 199 Å². The zero-order chi connectivity index (χ0) is 23.8. The highest BCUT2D eigenvalue weighted by molar-refractivity contribution is 6.39. The van der Waals surface area contributed by atoms with Crippen molar-refractivity contribution in [1.82, 2.24) is 5.43 Å². The van der Waals surface area contributed by atoms with Gasteiger partial charge in [-0.25, -0.2) is 10.2 Å². The van der Waals surface area contributed by atoms with Gasteiger partial charge >= 0.3 is 17.8 Å². The third-order valence-corrected chi connectivity index (χ3v) is 4.73. The number of nitrogens with one attached hydrogen (secondary N) is 2. The van der Waals surface area contributed by atoms with Gasteiger partial charge in [-0.1, -0.05) is 35.3 Å². The molecule has 0 atom stereocenters. The maximum Gasteiger partial charge on any atom is 0.345 e. The van der Waals surface area contributed by atoms with Gasteiger partial charge in [0.15, 0.2) is 0 Å². The Bertz CT molecular complexity index is 1210. The molecule has 3 aromatic carbocycles. The van der Waals surface area contributed by atoms with Crippen LogP contribution in [0.15, 0.2) is 71.8 Å². The van der Waals surface area contributed by atoms with Crippen molar-refractivity contribution in [2.45, 2.75) is 0 Å². The van der Waals surface area contributed by atoms with Crippen molar-refractivity contribution >= 4 is 52.9 Å². The number of nitrogens with zero attached hydrogens (tertiary/aromatic N) is 1. The first-order valence-corrected chi connectivity index (χ1v) is 10.2. The zero-order valence-corrected chi connectivity index (χ0v) is 18.7. The Morgan fingerprint density at radius 2 is 1.67 bits per heavy atom. The number of rotatable bonds is 6. The van der Waals surface area contributed by atoms with Crippen LogP contribution >= 0.6 is 23.2 Å². The molecule has 2 N–H and O–H groups in total. The van der Waals surface area contributed by atoms with E-state index < -0.39 is 17.8 Å². The molecular formula is C23H17Cl2N3O5. The van der Waals surface area contributed by atoms with Gasteiger partial charge < -0.3 is 14.8 Å². The molecule has 0 spiro atoms. The number of esters is 1. The van der Waals surface area contributed by atoms with Crippen molar-refractivity contribution in [2.24, 2.45) is 5.10 Å². The van der Waals surface area contributed by atoms with Crippen molar-refractivity contribution in [3.05, 3.63) is 87.9 Å². The van der Waals surface area contributed by atoms with E-state index in [1.54, 1.807) is 48.5 Å². The van der Waals surface area contributed by atoms with Crippen LogP contribution < -0.4 is 20.2 Å². The van der Waals surface area contributed by atoms with Crippen LogP contribution in [0.4, 0.5) is 5.69 Å². The van der Waals surface area contributed by atoms with E-state index in [0.717, 1.165) is 0 Å². The number of hydrazone groups is 1. The molecule has 10 heteroatoms. The van der Waals surface area contributed by atoms with Crippen LogP contribution in [0.5, 0.6) is 11.5 Å². The third kappa shape index (κ3) is 6.55. The minimum absolute atomic E-state index is 0.181. The van der Waals surface area contributed by atoms with Crippen molar-refractivity contribution in [1.29, 1.82) is 0 Å². The predicted molar refractivity (Wildman–Crippen MR) is 125 cm³/mol. The highest BCUT2D eigenvalue weighted by Crippen LogP contribution is 2.23. The highest BCUT2D eigenvalue weighted by Gasteiger charge is 2.15. The molecule has 0 saturated carbocycles. The largest absolute Gasteiger partial charge is 0.495 e. The van der Waals surface area contributed by atoms with Crippen molar-refractivity contribution in [3.63, 3.8) is 0 Å². The van der Waals surface area contributed by atoms with E-state index in [2.05, 4.69) is 15.8 Å². The number of carbonyl (C=O) groups is 3. The minimum Gasteiger partial charge on any atom is -0.495 e. The Morgan fingerprint density at radius 3 is 2.36 bits per heavy atom.